The number of benzene rings is 8. The van der Waals surface area contributed by atoms with Gasteiger partial charge in [-0.1, -0.05) is 127 Å². The van der Waals surface area contributed by atoms with Crippen LogP contribution in [0.5, 0.6) is 23.0 Å². The first kappa shape index (κ1) is 89.9. The normalized spacial score (nSPS) is 19.3. The van der Waals surface area contributed by atoms with Gasteiger partial charge in [-0.05, 0) is 159 Å². The van der Waals surface area contributed by atoms with E-state index in [4.69, 9.17) is 18.9 Å². The topological polar surface area (TPSA) is 403 Å². The molecule has 8 aromatic carbocycles. The molecule has 16 amide bonds. The summed E-state index contributed by atoms with van der Waals surface area (Å²) in [5.74, 6) is -1.38. The zero-order valence-electron chi connectivity index (χ0n) is 72.9. The summed E-state index contributed by atoms with van der Waals surface area (Å²) in [6.07, 6.45) is 4.49. The van der Waals surface area contributed by atoms with Gasteiger partial charge < -0.3 is 59.8 Å². The van der Waals surface area contributed by atoms with Crippen LogP contribution in [0.3, 0.4) is 0 Å². The van der Waals surface area contributed by atoms with Crippen LogP contribution in [-0.4, -0.2) is 166 Å². The minimum atomic E-state index is -4.52. The summed E-state index contributed by atoms with van der Waals surface area (Å²) in [5.41, 5.74) is 7.90. The van der Waals surface area contributed by atoms with E-state index in [9.17, 15) is 75.1 Å². The van der Waals surface area contributed by atoms with Crippen LogP contribution in [0, 0.1) is 19.7 Å². The van der Waals surface area contributed by atoms with E-state index in [-0.39, 0.29) is 62.0 Å². The van der Waals surface area contributed by atoms with Crippen molar-refractivity contribution in [3.05, 3.63) is 333 Å². The van der Waals surface area contributed by atoms with Crippen LogP contribution in [0.4, 0.5) is 36.7 Å². The van der Waals surface area contributed by atoms with Crippen LogP contribution in [0.1, 0.15) is 103 Å². The first-order valence-corrected chi connectivity index (χ1v) is 42.1. The first-order chi connectivity index (χ1) is 64.8. The highest BCUT2D eigenvalue weighted by Crippen LogP contribution is 2.42. The first-order valence-electron chi connectivity index (χ1n) is 42.1. The molecule has 0 unspecified atom stereocenters. The van der Waals surface area contributed by atoms with E-state index >= 15 is 0 Å². The molecule has 135 heavy (non-hydrogen) atoms. The molecule has 0 bridgehead atoms. The number of pyridine rings is 4. The summed E-state index contributed by atoms with van der Waals surface area (Å²) in [4.78, 5) is 175. The van der Waals surface area contributed by atoms with Gasteiger partial charge in [0.15, 0.2) is 22.2 Å². The predicted molar refractivity (Wildman–Crippen MR) is 477 cm³/mol. The molecule has 32 nitrogen and oxygen atoms in total. The molecule has 0 saturated carbocycles. The SMILES string of the molecule is COc1ccc2c(c1)C(=O)N(C[C@@]1(c3ccc(-c4cc(C(F)(F)F)ccn4)cc3)NC(=O)NC1=O)C2.COc1ccc2c(c1)C(=O)N(C[C@@]1(c3ccc(-c4ccc(C)nc4)cc3)NC(=O)NC1=O)C2.COc1ccc2c(c1)C(=O)N(C[C@@]1(c3ccc(-c4ccncc4F)cc3)NC(=O)NC1=O)C2.COc1ccc2c(c1)C(=O)N(C[C@@]1(c3ccc(-c4cnccc4C)cc3)NC(=O)NC1=O)C2. The lowest BCUT2D eigenvalue weighted by Gasteiger charge is -2.31. The Balaban J connectivity index is 0.000000125. The fourth-order valence-electron chi connectivity index (χ4n) is 17.6. The van der Waals surface area contributed by atoms with Gasteiger partial charge in [0.2, 0.25) is 0 Å². The maximum atomic E-state index is 14.1. The number of rotatable bonds is 20. The van der Waals surface area contributed by atoms with E-state index in [2.05, 4.69) is 62.5 Å². The summed E-state index contributed by atoms with van der Waals surface area (Å²) in [6, 6.07) is 55.2. The summed E-state index contributed by atoms with van der Waals surface area (Å²) >= 11 is 0. The number of aryl methyl sites for hydroxylation is 2. The third-order valence-corrected chi connectivity index (χ3v) is 24.8. The van der Waals surface area contributed by atoms with Crippen molar-refractivity contribution in [2.75, 3.05) is 54.6 Å². The third-order valence-electron chi connectivity index (χ3n) is 24.8. The van der Waals surface area contributed by atoms with Crippen molar-refractivity contribution < 1.29 is 94.0 Å². The molecular weight excluding hydrogens is 1750 g/mol. The molecule has 4 aromatic heterocycles. The lowest BCUT2D eigenvalue weighted by molar-refractivity contribution is -0.137. The lowest BCUT2D eigenvalue weighted by Crippen LogP contribution is -2.52. The Morgan fingerprint density at radius 2 is 0.659 bits per heavy atom. The maximum Gasteiger partial charge on any atom is 0.416 e. The second kappa shape index (κ2) is 36.0. The molecule has 682 valence electrons. The van der Waals surface area contributed by atoms with Crippen molar-refractivity contribution in [1.29, 1.82) is 0 Å². The number of aromatic nitrogens is 4. The molecule has 4 atom stereocenters. The highest BCUT2D eigenvalue weighted by molar-refractivity contribution is 6.12. The van der Waals surface area contributed by atoms with Gasteiger partial charge in [-0.3, -0.25) is 79.6 Å². The fourth-order valence-corrected chi connectivity index (χ4v) is 17.6. The average Bonchev–Trinajstić information content (AvgIpc) is 1.62. The number of alkyl halides is 3. The summed E-state index contributed by atoms with van der Waals surface area (Å²) in [7, 11) is 6.10. The molecule has 4 fully saturated rings. The molecule has 4 saturated heterocycles. The number of amides is 16. The molecule has 8 N–H and O–H groups in total. The van der Waals surface area contributed by atoms with Gasteiger partial charge in [-0.15, -0.1) is 0 Å². The number of fused-ring (bicyclic) bond motifs is 4. The number of imide groups is 4. The quantitative estimate of drug-likeness (QED) is 0.0259. The smallest absolute Gasteiger partial charge is 0.416 e. The fraction of sp³-hybridized carbons (Fsp3) is 0.192. The minimum absolute atomic E-state index is 0.00562. The van der Waals surface area contributed by atoms with Gasteiger partial charge >= 0.3 is 30.3 Å². The zero-order valence-corrected chi connectivity index (χ0v) is 72.9. The van der Waals surface area contributed by atoms with Crippen LogP contribution in [0.15, 0.2) is 243 Å². The van der Waals surface area contributed by atoms with Crippen LogP contribution >= 0.6 is 0 Å². The minimum Gasteiger partial charge on any atom is -0.497 e. The Morgan fingerprint density at radius 3 is 0.970 bits per heavy atom. The summed E-state index contributed by atoms with van der Waals surface area (Å²) in [6.45, 7) is 4.93. The molecule has 0 spiro atoms. The zero-order chi connectivity index (χ0) is 95.2. The van der Waals surface area contributed by atoms with Crippen LogP contribution in [-0.2, 0) is 73.7 Å². The number of methoxy groups -OCH3 is 4. The number of halogens is 4. The van der Waals surface area contributed by atoms with Crippen molar-refractivity contribution in [1.82, 2.24) is 82.1 Å². The van der Waals surface area contributed by atoms with Crippen molar-refractivity contribution in [3.63, 3.8) is 0 Å². The van der Waals surface area contributed by atoms with Gasteiger partial charge in [0.25, 0.3) is 47.3 Å². The Kier molecular flexibility index (Phi) is 24.0. The number of ether oxygens (including phenoxy) is 4. The second-order valence-corrected chi connectivity index (χ2v) is 33.0. The van der Waals surface area contributed by atoms with Crippen molar-refractivity contribution in [3.8, 4) is 67.6 Å². The van der Waals surface area contributed by atoms with Crippen molar-refractivity contribution in [2.24, 2.45) is 0 Å². The lowest BCUT2D eigenvalue weighted by atomic mass is 9.88. The molecular formula is C99H82F4N16O16. The number of carbonyl (C=O) groups excluding carboxylic acids is 12. The largest absolute Gasteiger partial charge is 0.497 e. The van der Waals surface area contributed by atoms with Crippen LogP contribution in [0.2, 0.25) is 0 Å². The number of urea groups is 4. The van der Waals surface area contributed by atoms with Crippen LogP contribution < -0.4 is 61.5 Å². The number of carbonyl (C=O) groups is 12. The highest BCUT2D eigenvalue weighted by Gasteiger charge is 2.55. The average molecular weight is 1830 g/mol. The molecule has 8 aliphatic rings. The molecule has 0 aliphatic carbocycles. The molecule has 12 aromatic rings. The molecule has 8 aliphatic heterocycles. The third kappa shape index (κ3) is 17.3. The van der Waals surface area contributed by atoms with Gasteiger partial charge in [0.1, 0.15) is 28.8 Å². The number of nitrogens with one attached hydrogen (secondary N) is 8. The van der Waals surface area contributed by atoms with Gasteiger partial charge in [0.05, 0.1) is 72.1 Å². The molecule has 0 radical (unpaired) electrons. The van der Waals surface area contributed by atoms with E-state index in [0.717, 1.165) is 80.3 Å². The number of hydrogen-bond acceptors (Lipinski definition) is 20. The summed E-state index contributed by atoms with van der Waals surface area (Å²) in [5, 5.41) is 20.0. The van der Waals surface area contributed by atoms with E-state index in [1.807, 2.05) is 86.6 Å². The predicted octanol–water partition coefficient (Wildman–Crippen LogP) is 11.6. The van der Waals surface area contributed by atoms with E-state index in [1.54, 1.807) is 140 Å². The molecule has 36 heteroatoms. The monoisotopic (exact) mass is 1830 g/mol. The highest BCUT2D eigenvalue weighted by atomic mass is 19.4. The molecule has 12 heterocycles. The Hall–Kier alpha value is -17.1. The number of hydrogen-bond donors (Lipinski definition) is 8. The van der Waals surface area contributed by atoms with Gasteiger partial charge in [-0.25, -0.2) is 23.6 Å². The Labute approximate surface area is 767 Å². The van der Waals surface area contributed by atoms with Crippen molar-refractivity contribution >= 4 is 71.4 Å². The van der Waals surface area contributed by atoms with Crippen molar-refractivity contribution in [2.45, 2.75) is 68.4 Å². The van der Waals surface area contributed by atoms with E-state index < -0.39 is 87.5 Å². The van der Waals surface area contributed by atoms with E-state index in [0.29, 0.717) is 104 Å². The Morgan fingerprint density at radius 1 is 0.333 bits per heavy atom. The van der Waals surface area contributed by atoms with Gasteiger partial charge in [0, 0.05) is 107 Å². The maximum absolute atomic E-state index is 14.1. The van der Waals surface area contributed by atoms with Gasteiger partial charge in [-0.2, -0.15) is 13.2 Å². The number of nitrogens with zero attached hydrogens (tertiary/aromatic N) is 8. The van der Waals surface area contributed by atoms with Crippen LogP contribution in [0.25, 0.3) is 44.6 Å². The molecule has 20 rings (SSSR count). The Bertz CT molecular complexity index is 6670. The second-order valence-electron chi connectivity index (χ2n) is 33.0. The standard InChI is InChI=1S/C25H19F3N4O4.2C25H22N4O4.C24H19FN4O4/c1-36-18-7-4-15-12-32(21(33)19(15)11-18)13-24(22(34)30-23(35)31-24)16-5-2-14(3-6-16)20-10-17(8-9-29-20)25(26,27)28;1-15-9-10-26-12-21(15)16-3-6-18(7-4-16)25(23(31)27-24(32)28-25)14-29-13-17-5-8-19(33-2)11-20(17)22(29)30;1-15-3-4-17(12-26-15)16-5-8-19(9-6-16)25(23(31)27-24(32)28-25)14-29-13-18-7-10-20(33-2)11-21(18)22(29)30;1-33-17-7-4-15-12-29(21(30)19(15)10-17)13-24(22(31)27-23(32)28-24)16-5-2-14(3-6-16)18-8-9-26-11-20(18)25/h2-11H,12-13H2,1H3,(H2,30,31,34,35);2*3-12H,13-14H2,1-2H3,(H2,27,28,31,32);2-11H,12-13H2,1H3,(H2,27,28,31,32)/t24-;2*25-;24-/m0000/s1. The van der Waals surface area contributed by atoms with E-state index in [1.165, 1.54) is 54.5 Å². The summed E-state index contributed by atoms with van der Waals surface area (Å²) < 4.78 is 74.3.